The van der Waals surface area contributed by atoms with Gasteiger partial charge in [-0.25, -0.2) is 4.98 Å². The normalized spacial score (nSPS) is 18.3. The molecule has 0 spiro atoms. The van der Waals surface area contributed by atoms with Crippen LogP contribution < -0.4 is 5.32 Å². The zero-order valence-corrected chi connectivity index (χ0v) is 10.6. The third-order valence-corrected chi connectivity index (χ3v) is 3.54. The molecule has 0 aliphatic heterocycles. The van der Waals surface area contributed by atoms with Gasteiger partial charge in [-0.15, -0.1) is 0 Å². The van der Waals surface area contributed by atoms with Crippen molar-refractivity contribution in [2.24, 2.45) is 5.92 Å². The first kappa shape index (κ1) is 11.9. The standard InChI is InChI=1S/C14H19N3/c1-3-4-10-5-6-13-11(7-10)8-12(9-15)14(16-2)17-13/h8,10H,3-7H2,1-2H3,(H,16,17). The minimum Gasteiger partial charge on any atom is -0.372 e. The van der Waals surface area contributed by atoms with Gasteiger partial charge < -0.3 is 5.32 Å². The fourth-order valence-corrected chi connectivity index (χ4v) is 2.67. The Morgan fingerprint density at radius 3 is 3.06 bits per heavy atom. The molecule has 1 unspecified atom stereocenters. The van der Waals surface area contributed by atoms with Gasteiger partial charge in [0.15, 0.2) is 0 Å². The van der Waals surface area contributed by atoms with E-state index < -0.39 is 0 Å². The van der Waals surface area contributed by atoms with E-state index in [2.05, 4.69) is 23.3 Å². The van der Waals surface area contributed by atoms with Gasteiger partial charge in [0.2, 0.25) is 0 Å². The molecule has 90 valence electrons. The lowest BCUT2D eigenvalue weighted by molar-refractivity contribution is 0.418. The zero-order chi connectivity index (χ0) is 12.3. The third-order valence-electron chi connectivity index (χ3n) is 3.54. The quantitative estimate of drug-likeness (QED) is 0.867. The molecule has 0 saturated carbocycles. The number of hydrogen-bond donors (Lipinski definition) is 1. The SMILES string of the molecule is CCCC1CCc2nc(NC)c(C#N)cc2C1. The van der Waals surface area contributed by atoms with Gasteiger partial charge in [0, 0.05) is 12.7 Å². The van der Waals surface area contributed by atoms with Gasteiger partial charge in [-0.05, 0) is 36.8 Å². The summed E-state index contributed by atoms with van der Waals surface area (Å²) < 4.78 is 0. The molecule has 1 aromatic rings. The van der Waals surface area contributed by atoms with Gasteiger partial charge in [-0.3, -0.25) is 0 Å². The Balaban J connectivity index is 2.29. The molecular weight excluding hydrogens is 210 g/mol. The summed E-state index contributed by atoms with van der Waals surface area (Å²) in [7, 11) is 1.82. The van der Waals surface area contributed by atoms with E-state index in [4.69, 9.17) is 5.26 Å². The van der Waals surface area contributed by atoms with Gasteiger partial charge in [0.1, 0.15) is 11.9 Å². The Hall–Kier alpha value is -1.56. The number of anilines is 1. The lowest BCUT2D eigenvalue weighted by atomic mass is 9.83. The van der Waals surface area contributed by atoms with Crippen LogP contribution in [0.5, 0.6) is 0 Å². The summed E-state index contributed by atoms with van der Waals surface area (Å²) in [6.45, 7) is 2.23. The Bertz CT molecular complexity index is 446. The first-order valence-electron chi connectivity index (χ1n) is 6.39. The van der Waals surface area contributed by atoms with Crippen LogP contribution in [-0.2, 0) is 12.8 Å². The molecule has 0 amide bonds. The Morgan fingerprint density at radius 2 is 2.41 bits per heavy atom. The first-order chi connectivity index (χ1) is 8.28. The highest BCUT2D eigenvalue weighted by Crippen LogP contribution is 2.29. The van der Waals surface area contributed by atoms with Crippen LogP contribution in [0.1, 0.15) is 43.0 Å². The minimum atomic E-state index is 0.670. The van der Waals surface area contributed by atoms with E-state index >= 15 is 0 Å². The molecule has 1 aliphatic carbocycles. The number of nitrogens with one attached hydrogen (secondary N) is 1. The molecule has 0 bridgehead atoms. The van der Waals surface area contributed by atoms with E-state index in [1.807, 2.05) is 13.1 Å². The van der Waals surface area contributed by atoms with Crippen molar-refractivity contribution < 1.29 is 0 Å². The molecule has 0 aromatic carbocycles. The number of aromatic nitrogens is 1. The van der Waals surface area contributed by atoms with Crippen molar-refractivity contribution in [3.05, 3.63) is 22.9 Å². The van der Waals surface area contributed by atoms with E-state index in [-0.39, 0.29) is 0 Å². The van der Waals surface area contributed by atoms with E-state index in [1.165, 1.54) is 30.5 Å². The number of pyridine rings is 1. The van der Waals surface area contributed by atoms with Gasteiger partial charge >= 0.3 is 0 Å². The second kappa shape index (κ2) is 5.18. The molecule has 3 heteroatoms. The maximum atomic E-state index is 9.09. The molecule has 3 nitrogen and oxygen atoms in total. The number of aryl methyl sites for hydroxylation is 1. The number of hydrogen-bond acceptors (Lipinski definition) is 3. The summed E-state index contributed by atoms with van der Waals surface area (Å²) in [5.41, 5.74) is 3.13. The molecule has 1 atom stereocenters. The fraction of sp³-hybridized carbons (Fsp3) is 0.571. The lowest BCUT2D eigenvalue weighted by Gasteiger charge is -2.24. The topological polar surface area (TPSA) is 48.7 Å². The van der Waals surface area contributed by atoms with Crippen LogP contribution in [0.3, 0.4) is 0 Å². The summed E-state index contributed by atoms with van der Waals surface area (Å²) in [5, 5.41) is 12.1. The molecular formula is C14H19N3. The Morgan fingerprint density at radius 1 is 1.59 bits per heavy atom. The first-order valence-corrected chi connectivity index (χ1v) is 6.39. The highest BCUT2D eigenvalue weighted by atomic mass is 15.0. The fourth-order valence-electron chi connectivity index (χ4n) is 2.67. The maximum absolute atomic E-state index is 9.09. The van der Waals surface area contributed by atoms with E-state index in [0.29, 0.717) is 5.56 Å². The van der Waals surface area contributed by atoms with Crippen molar-refractivity contribution in [3.63, 3.8) is 0 Å². The Kier molecular flexibility index (Phi) is 3.63. The molecule has 1 aliphatic rings. The average molecular weight is 229 g/mol. The molecule has 2 rings (SSSR count). The van der Waals surface area contributed by atoms with Crippen molar-refractivity contribution >= 4 is 5.82 Å². The van der Waals surface area contributed by atoms with Crippen LogP contribution in [0.4, 0.5) is 5.82 Å². The molecule has 0 fully saturated rings. The number of fused-ring (bicyclic) bond motifs is 1. The van der Waals surface area contributed by atoms with Crippen LogP contribution in [0.2, 0.25) is 0 Å². The summed E-state index contributed by atoms with van der Waals surface area (Å²) in [6, 6.07) is 4.24. The highest BCUT2D eigenvalue weighted by molar-refractivity contribution is 5.54. The molecule has 0 radical (unpaired) electrons. The monoisotopic (exact) mass is 229 g/mol. The minimum absolute atomic E-state index is 0.670. The number of rotatable bonds is 3. The Labute approximate surface area is 103 Å². The van der Waals surface area contributed by atoms with Crippen LogP contribution in [-0.4, -0.2) is 12.0 Å². The molecule has 1 heterocycles. The summed E-state index contributed by atoms with van der Waals surface area (Å²) in [4.78, 5) is 4.56. The van der Waals surface area contributed by atoms with Gasteiger partial charge in [0.25, 0.3) is 0 Å². The predicted octanol–water partition coefficient (Wildman–Crippen LogP) is 2.90. The second-order valence-corrected chi connectivity index (χ2v) is 4.75. The van der Waals surface area contributed by atoms with Crippen molar-refractivity contribution in [2.45, 2.75) is 39.0 Å². The molecule has 1 N–H and O–H groups in total. The largest absolute Gasteiger partial charge is 0.372 e. The summed E-state index contributed by atoms with van der Waals surface area (Å²) in [5.74, 6) is 1.50. The number of nitrogens with zero attached hydrogens (tertiary/aromatic N) is 2. The van der Waals surface area contributed by atoms with Crippen LogP contribution in [0.25, 0.3) is 0 Å². The van der Waals surface area contributed by atoms with Crippen LogP contribution in [0.15, 0.2) is 6.07 Å². The van der Waals surface area contributed by atoms with Crippen molar-refractivity contribution in [3.8, 4) is 6.07 Å². The van der Waals surface area contributed by atoms with E-state index in [1.54, 1.807) is 0 Å². The molecule has 1 aromatic heterocycles. The van der Waals surface area contributed by atoms with E-state index in [9.17, 15) is 0 Å². The van der Waals surface area contributed by atoms with Crippen LogP contribution in [0, 0.1) is 17.2 Å². The predicted molar refractivity (Wildman–Crippen MR) is 68.9 cm³/mol. The second-order valence-electron chi connectivity index (χ2n) is 4.75. The highest BCUT2D eigenvalue weighted by Gasteiger charge is 2.20. The van der Waals surface area contributed by atoms with Gasteiger partial charge in [-0.1, -0.05) is 19.8 Å². The van der Waals surface area contributed by atoms with Gasteiger partial charge in [-0.2, -0.15) is 5.26 Å². The van der Waals surface area contributed by atoms with Crippen molar-refractivity contribution in [1.82, 2.24) is 4.98 Å². The van der Waals surface area contributed by atoms with Crippen molar-refractivity contribution in [2.75, 3.05) is 12.4 Å². The molecule has 17 heavy (non-hydrogen) atoms. The van der Waals surface area contributed by atoms with Crippen molar-refractivity contribution in [1.29, 1.82) is 5.26 Å². The number of nitriles is 1. The average Bonchev–Trinajstić information content (AvgIpc) is 2.37. The summed E-state index contributed by atoms with van der Waals surface area (Å²) in [6.07, 6.45) is 5.92. The third kappa shape index (κ3) is 2.41. The maximum Gasteiger partial charge on any atom is 0.143 e. The smallest absolute Gasteiger partial charge is 0.143 e. The molecule has 0 saturated heterocycles. The van der Waals surface area contributed by atoms with E-state index in [0.717, 1.165) is 24.6 Å². The van der Waals surface area contributed by atoms with Gasteiger partial charge in [0.05, 0.1) is 5.56 Å². The lowest BCUT2D eigenvalue weighted by Crippen LogP contribution is -2.16. The zero-order valence-electron chi connectivity index (χ0n) is 10.6. The van der Waals surface area contributed by atoms with Crippen LogP contribution >= 0.6 is 0 Å². The summed E-state index contributed by atoms with van der Waals surface area (Å²) >= 11 is 0.